The van der Waals surface area contributed by atoms with E-state index in [2.05, 4.69) is 17.6 Å². The van der Waals surface area contributed by atoms with Crippen LogP contribution in [-0.4, -0.2) is 34.9 Å². The number of nitrogens with zero attached hydrogens (tertiary/aromatic N) is 1. The monoisotopic (exact) mass is 387 g/mol. The molecule has 27 heavy (non-hydrogen) atoms. The molecule has 146 valence electrons. The molecule has 2 amide bonds. The molecular weight excluding hydrogens is 358 g/mol. The lowest BCUT2D eigenvalue weighted by Crippen LogP contribution is -2.39. The van der Waals surface area contributed by atoms with Gasteiger partial charge in [0.1, 0.15) is 0 Å². The van der Waals surface area contributed by atoms with Gasteiger partial charge in [0.05, 0.1) is 0 Å². The van der Waals surface area contributed by atoms with Crippen molar-refractivity contribution >= 4 is 34.8 Å². The number of amides is 2. The van der Waals surface area contributed by atoms with E-state index >= 15 is 0 Å². The molecule has 0 aromatic heterocycles. The van der Waals surface area contributed by atoms with Crippen molar-refractivity contribution in [2.45, 2.75) is 51.9 Å². The van der Waals surface area contributed by atoms with Crippen molar-refractivity contribution in [2.24, 2.45) is 11.8 Å². The van der Waals surface area contributed by atoms with Crippen LogP contribution in [0.25, 0.3) is 0 Å². The van der Waals surface area contributed by atoms with E-state index in [1.54, 1.807) is 0 Å². The Kier molecular flexibility index (Phi) is 6.83. The summed E-state index contributed by atoms with van der Waals surface area (Å²) in [5, 5.41) is 6.15. The largest absolute Gasteiger partial charge is 0.339 e. The van der Waals surface area contributed by atoms with E-state index in [1.165, 1.54) is 6.42 Å². The molecule has 1 aromatic rings. The summed E-state index contributed by atoms with van der Waals surface area (Å²) in [4.78, 5) is 26.8. The van der Waals surface area contributed by atoms with Crippen LogP contribution in [0.1, 0.15) is 62.2 Å². The number of likely N-dealkylation sites (tertiary alicyclic amines) is 1. The normalized spacial score (nSPS) is 18.8. The molecule has 1 saturated heterocycles. The molecule has 0 spiro atoms. The Hall–Kier alpha value is -1.95. The first-order chi connectivity index (χ1) is 13.0. The highest BCUT2D eigenvalue weighted by Gasteiger charge is 2.22. The van der Waals surface area contributed by atoms with E-state index in [4.69, 9.17) is 12.2 Å². The van der Waals surface area contributed by atoms with Gasteiger partial charge in [-0.25, -0.2) is 0 Å². The van der Waals surface area contributed by atoms with Crippen LogP contribution in [0.5, 0.6) is 0 Å². The Morgan fingerprint density at radius 3 is 2.26 bits per heavy atom. The minimum absolute atomic E-state index is 0.0123. The Morgan fingerprint density at radius 2 is 1.63 bits per heavy atom. The Balaban J connectivity index is 1.50. The summed E-state index contributed by atoms with van der Waals surface area (Å²) in [5.41, 5.74) is 1.46. The van der Waals surface area contributed by atoms with Gasteiger partial charge in [-0.1, -0.05) is 26.2 Å². The molecule has 1 aliphatic heterocycles. The van der Waals surface area contributed by atoms with Gasteiger partial charge < -0.3 is 15.5 Å². The van der Waals surface area contributed by atoms with E-state index in [9.17, 15) is 9.59 Å². The van der Waals surface area contributed by atoms with Crippen LogP contribution in [0.4, 0.5) is 5.69 Å². The maximum Gasteiger partial charge on any atom is 0.253 e. The molecule has 6 heteroatoms. The Bertz CT molecular complexity index is 675. The van der Waals surface area contributed by atoms with Crippen molar-refractivity contribution in [3.05, 3.63) is 29.8 Å². The van der Waals surface area contributed by atoms with E-state index < -0.39 is 0 Å². The molecule has 2 aliphatic rings. The molecule has 2 fully saturated rings. The number of nitrogens with one attached hydrogen (secondary N) is 2. The molecule has 1 saturated carbocycles. The second kappa shape index (κ2) is 9.31. The third-order valence-electron chi connectivity index (χ3n) is 5.67. The van der Waals surface area contributed by atoms with Crippen molar-refractivity contribution in [1.82, 2.24) is 10.2 Å². The fraction of sp³-hybridized carbons (Fsp3) is 0.571. The number of hydrogen-bond donors (Lipinski definition) is 2. The average Bonchev–Trinajstić information content (AvgIpc) is 2.69. The smallest absolute Gasteiger partial charge is 0.253 e. The second-order valence-electron chi connectivity index (χ2n) is 7.83. The topological polar surface area (TPSA) is 61.4 Å². The third kappa shape index (κ3) is 5.51. The van der Waals surface area contributed by atoms with Gasteiger partial charge in [-0.15, -0.1) is 0 Å². The van der Waals surface area contributed by atoms with Crippen molar-refractivity contribution in [3.8, 4) is 0 Å². The summed E-state index contributed by atoms with van der Waals surface area (Å²) >= 11 is 5.26. The van der Waals surface area contributed by atoms with E-state index in [1.807, 2.05) is 29.2 Å². The SMILES string of the molecule is CC1CCN(C(=O)c2ccc(NC(=S)NC(=O)C3CCCCC3)cc2)CC1. The molecule has 1 aliphatic carbocycles. The Morgan fingerprint density at radius 1 is 1.00 bits per heavy atom. The highest BCUT2D eigenvalue weighted by molar-refractivity contribution is 7.80. The van der Waals surface area contributed by atoms with Crippen LogP contribution < -0.4 is 10.6 Å². The average molecular weight is 388 g/mol. The van der Waals surface area contributed by atoms with E-state index in [-0.39, 0.29) is 17.7 Å². The van der Waals surface area contributed by atoms with Gasteiger partial charge in [0.2, 0.25) is 5.91 Å². The first-order valence-corrected chi connectivity index (χ1v) is 10.4. The number of carbonyl (C=O) groups excluding carboxylic acids is 2. The quantitative estimate of drug-likeness (QED) is 0.771. The van der Waals surface area contributed by atoms with Crippen LogP contribution >= 0.6 is 12.2 Å². The van der Waals surface area contributed by atoms with Gasteiger partial charge >= 0.3 is 0 Å². The number of anilines is 1. The molecule has 5 nitrogen and oxygen atoms in total. The van der Waals surface area contributed by atoms with Gasteiger partial charge in [0, 0.05) is 30.3 Å². The minimum atomic E-state index is 0.0123. The number of hydrogen-bond acceptors (Lipinski definition) is 3. The fourth-order valence-electron chi connectivity index (χ4n) is 3.83. The predicted octanol–water partition coefficient (Wildman–Crippen LogP) is 3.95. The maximum absolute atomic E-state index is 12.6. The molecular formula is C21H29N3O2S. The predicted molar refractivity (Wildman–Crippen MR) is 112 cm³/mol. The molecule has 1 aromatic carbocycles. The summed E-state index contributed by atoms with van der Waals surface area (Å²) < 4.78 is 0. The minimum Gasteiger partial charge on any atom is -0.339 e. The lowest BCUT2D eigenvalue weighted by atomic mass is 9.89. The number of piperidine rings is 1. The molecule has 3 rings (SSSR count). The number of benzene rings is 1. The lowest BCUT2D eigenvalue weighted by Gasteiger charge is -2.30. The summed E-state index contributed by atoms with van der Waals surface area (Å²) in [6.45, 7) is 3.90. The van der Waals surface area contributed by atoms with Crippen LogP contribution in [-0.2, 0) is 4.79 Å². The van der Waals surface area contributed by atoms with Gasteiger partial charge in [-0.3, -0.25) is 9.59 Å². The zero-order valence-electron chi connectivity index (χ0n) is 16.0. The molecule has 0 bridgehead atoms. The molecule has 0 unspecified atom stereocenters. The van der Waals surface area contributed by atoms with Crippen molar-refractivity contribution < 1.29 is 9.59 Å². The third-order valence-corrected chi connectivity index (χ3v) is 5.88. The maximum atomic E-state index is 12.6. The molecule has 0 atom stereocenters. The molecule has 1 heterocycles. The van der Waals surface area contributed by atoms with Crippen molar-refractivity contribution in [1.29, 1.82) is 0 Å². The fourth-order valence-corrected chi connectivity index (χ4v) is 4.05. The first-order valence-electron chi connectivity index (χ1n) is 10.0. The van der Waals surface area contributed by atoms with Crippen molar-refractivity contribution in [3.63, 3.8) is 0 Å². The summed E-state index contributed by atoms with van der Waals surface area (Å²) in [7, 11) is 0. The Labute approximate surface area is 166 Å². The van der Waals surface area contributed by atoms with Crippen LogP contribution in [0, 0.1) is 11.8 Å². The van der Waals surface area contributed by atoms with Gasteiger partial charge in [0.25, 0.3) is 5.91 Å². The molecule has 0 radical (unpaired) electrons. The summed E-state index contributed by atoms with van der Waals surface area (Å²) in [6, 6.07) is 7.29. The second-order valence-corrected chi connectivity index (χ2v) is 8.24. The zero-order chi connectivity index (χ0) is 19.2. The number of rotatable bonds is 3. The highest BCUT2D eigenvalue weighted by atomic mass is 32.1. The lowest BCUT2D eigenvalue weighted by molar-refractivity contribution is -0.124. The van der Waals surface area contributed by atoms with E-state index in [0.29, 0.717) is 16.6 Å². The van der Waals surface area contributed by atoms with Gasteiger partial charge in [-0.05, 0) is 68.1 Å². The molecule has 2 N–H and O–H groups in total. The summed E-state index contributed by atoms with van der Waals surface area (Å²) in [5.74, 6) is 0.871. The summed E-state index contributed by atoms with van der Waals surface area (Å²) in [6.07, 6.45) is 7.48. The van der Waals surface area contributed by atoms with Gasteiger partial charge in [-0.2, -0.15) is 0 Å². The van der Waals surface area contributed by atoms with Crippen LogP contribution in [0.2, 0.25) is 0 Å². The number of thiocarbonyl (C=S) groups is 1. The van der Waals surface area contributed by atoms with Gasteiger partial charge in [0.15, 0.2) is 5.11 Å². The van der Waals surface area contributed by atoms with Crippen LogP contribution in [0.15, 0.2) is 24.3 Å². The zero-order valence-corrected chi connectivity index (χ0v) is 16.8. The first kappa shape index (κ1) is 19.8. The van der Waals surface area contributed by atoms with E-state index in [0.717, 1.165) is 57.3 Å². The van der Waals surface area contributed by atoms with Crippen LogP contribution in [0.3, 0.4) is 0 Å². The highest BCUT2D eigenvalue weighted by Crippen LogP contribution is 2.23. The standard InChI is InChI=1S/C21H29N3O2S/c1-15-11-13-24(14-12-15)20(26)17-7-9-18(10-8-17)22-21(27)23-19(25)16-5-3-2-4-6-16/h7-10,15-16H,2-6,11-14H2,1H3,(H2,22,23,25,27). The number of carbonyl (C=O) groups is 2. The van der Waals surface area contributed by atoms with Crippen molar-refractivity contribution in [2.75, 3.05) is 18.4 Å².